The number of carbonyl (C=O) groups excluding carboxylic acids is 1. The number of ether oxygens (including phenoxy) is 2. The maximum absolute atomic E-state index is 12.6. The molecule has 2 N–H and O–H groups in total. The van der Waals surface area contributed by atoms with Crippen molar-refractivity contribution in [2.24, 2.45) is 0 Å². The SMILES string of the molecule is C=C(NC(C/C=C/c1ccc(OCCOC)cc1)C(=O)[O-])c1ccc(CNS(=O)(=O)c2cc(Cl)cc(Cl)c2)cc1.[Na+]. The number of carboxylic acid groups (broad SMARTS) is 1. The molecule has 0 saturated carbocycles. The molecule has 0 aromatic heterocycles. The summed E-state index contributed by atoms with van der Waals surface area (Å²) in [6.45, 7) is 4.92. The largest absolute Gasteiger partial charge is 1.00 e. The average Bonchev–Trinajstić information content (AvgIpc) is 2.92. The van der Waals surface area contributed by atoms with Gasteiger partial charge in [0.15, 0.2) is 0 Å². The standard InChI is InChI=1S/C29H30Cl2N2O6S.Na/c1-20(33-28(29(34)35)5-3-4-21-8-12-26(13-9-21)39-15-14-38-2)23-10-6-22(7-11-23)19-32-40(36,37)27-17-24(30)16-25(31)18-27;/h3-4,6-13,16-18,28,32-33H,1,5,14-15,19H2,2H3,(H,34,35);/q;+1/p-1/b4-3+;. The molecule has 0 aliphatic heterocycles. The van der Waals surface area contributed by atoms with Crippen molar-refractivity contribution >= 4 is 51.0 Å². The van der Waals surface area contributed by atoms with E-state index in [1.165, 1.54) is 18.2 Å². The van der Waals surface area contributed by atoms with Crippen LogP contribution in [0.2, 0.25) is 10.0 Å². The number of methoxy groups -OCH3 is 1. The Bertz CT molecular complexity index is 1430. The van der Waals surface area contributed by atoms with E-state index in [1.54, 1.807) is 37.5 Å². The van der Waals surface area contributed by atoms with E-state index in [4.69, 9.17) is 32.7 Å². The molecule has 3 rings (SSSR count). The van der Waals surface area contributed by atoms with E-state index in [9.17, 15) is 18.3 Å². The molecule has 1 atom stereocenters. The number of hydrogen-bond donors (Lipinski definition) is 2. The third-order valence-corrected chi connectivity index (χ3v) is 7.48. The van der Waals surface area contributed by atoms with Gasteiger partial charge >= 0.3 is 29.6 Å². The summed E-state index contributed by atoms with van der Waals surface area (Å²) in [5.41, 5.74) is 2.61. The van der Waals surface area contributed by atoms with Crippen molar-refractivity contribution in [3.8, 4) is 5.75 Å². The summed E-state index contributed by atoms with van der Waals surface area (Å²) in [6, 6.07) is 17.3. The Morgan fingerprint density at radius 1 is 1.02 bits per heavy atom. The van der Waals surface area contributed by atoms with Gasteiger partial charge in [0, 0.05) is 29.4 Å². The number of carbonyl (C=O) groups is 1. The molecule has 0 aliphatic rings. The zero-order valence-electron chi connectivity index (χ0n) is 22.7. The van der Waals surface area contributed by atoms with Gasteiger partial charge in [-0.15, -0.1) is 0 Å². The summed E-state index contributed by atoms with van der Waals surface area (Å²) in [7, 11) is -2.22. The van der Waals surface area contributed by atoms with E-state index in [0.29, 0.717) is 35.8 Å². The van der Waals surface area contributed by atoms with Crippen molar-refractivity contribution in [1.82, 2.24) is 10.0 Å². The monoisotopic (exact) mass is 626 g/mol. The van der Waals surface area contributed by atoms with Gasteiger partial charge in [-0.25, -0.2) is 13.1 Å². The number of hydrogen-bond acceptors (Lipinski definition) is 7. The van der Waals surface area contributed by atoms with Crippen LogP contribution < -0.4 is 49.4 Å². The Kier molecular flexibility index (Phi) is 14.4. The minimum Gasteiger partial charge on any atom is -0.548 e. The Balaban J connectivity index is 0.00000588. The second-order valence-electron chi connectivity index (χ2n) is 8.67. The third kappa shape index (κ3) is 11.5. The number of aliphatic carboxylic acids is 1. The fourth-order valence-electron chi connectivity index (χ4n) is 3.54. The molecule has 0 fully saturated rings. The van der Waals surface area contributed by atoms with Gasteiger partial charge in [-0.3, -0.25) is 0 Å². The van der Waals surface area contributed by atoms with Gasteiger partial charge in [0.05, 0.1) is 23.5 Å². The van der Waals surface area contributed by atoms with Crippen LogP contribution in [0.4, 0.5) is 0 Å². The fourth-order valence-corrected chi connectivity index (χ4v) is 5.28. The molecule has 3 aromatic carbocycles. The number of halogens is 2. The van der Waals surface area contributed by atoms with E-state index < -0.39 is 22.0 Å². The van der Waals surface area contributed by atoms with Gasteiger partial charge in [0.25, 0.3) is 0 Å². The van der Waals surface area contributed by atoms with Crippen LogP contribution in [0.1, 0.15) is 23.1 Å². The second-order valence-corrected chi connectivity index (χ2v) is 11.3. The third-order valence-electron chi connectivity index (χ3n) is 5.67. The summed E-state index contributed by atoms with van der Waals surface area (Å²) in [4.78, 5) is 11.7. The van der Waals surface area contributed by atoms with Crippen LogP contribution in [0.3, 0.4) is 0 Å². The van der Waals surface area contributed by atoms with Crippen LogP contribution in [0.5, 0.6) is 5.75 Å². The van der Waals surface area contributed by atoms with E-state index in [0.717, 1.165) is 5.56 Å². The molecule has 0 aliphatic carbocycles. The topological polar surface area (TPSA) is 117 Å². The summed E-state index contributed by atoms with van der Waals surface area (Å²) >= 11 is 11.8. The van der Waals surface area contributed by atoms with Crippen molar-refractivity contribution in [3.63, 3.8) is 0 Å². The first-order chi connectivity index (χ1) is 19.1. The first-order valence-electron chi connectivity index (χ1n) is 12.2. The molecule has 0 radical (unpaired) electrons. The number of sulfonamides is 1. The van der Waals surface area contributed by atoms with E-state index in [2.05, 4.69) is 16.6 Å². The molecular formula is C29H29Cl2N2NaO6S. The van der Waals surface area contributed by atoms with Gasteiger partial charge in [0.1, 0.15) is 12.4 Å². The number of benzene rings is 3. The van der Waals surface area contributed by atoms with Gasteiger partial charge < -0.3 is 24.7 Å². The zero-order valence-corrected chi connectivity index (χ0v) is 27.1. The van der Waals surface area contributed by atoms with Crippen molar-refractivity contribution in [3.05, 3.63) is 106 Å². The van der Waals surface area contributed by atoms with Gasteiger partial charge in [-0.2, -0.15) is 0 Å². The number of nitrogens with one attached hydrogen (secondary N) is 2. The molecule has 0 heterocycles. The van der Waals surface area contributed by atoms with Crippen LogP contribution in [-0.2, 0) is 26.1 Å². The Morgan fingerprint density at radius 2 is 1.66 bits per heavy atom. The molecule has 0 amide bonds. The summed E-state index contributed by atoms with van der Waals surface area (Å²) < 4.78 is 38.1. The normalized spacial score (nSPS) is 12.0. The predicted molar refractivity (Wildman–Crippen MR) is 155 cm³/mol. The molecule has 1 unspecified atom stereocenters. The molecule has 0 saturated heterocycles. The second kappa shape index (κ2) is 16.9. The average molecular weight is 628 g/mol. The Morgan fingerprint density at radius 3 is 2.24 bits per heavy atom. The fraction of sp³-hybridized carbons (Fsp3) is 0.207. The van der Waals surface area contributed by atoms with Gasteiger partial charge in [-0.05, 0) is 53.4 Å². The summed E-state index contributed by atoms with van der Waals surface area (Å²) in [5, 5.41) is 15.0. The Hall–Kier alpha value is -2.34. The van der Waals surface area contributed by atoms with E-state index in [-0.39, 0.29) is 57.5 Å². The summed E-state index contributed by atoms with van der Waals surface area (Å²) in [6.07, 6.45) is 3.72. The van der Waals surface area contributed by atoms with E-state index in [1.807, 2.05) is 30.3 Å². The van der Waals surface area contributed by atoms with Crippen molar-refractivity contribution in [2.75, 3.05) is 20.3 Å². The number of rotatable bonds is 15. The number of carboxylic acids is 1. The molecule has 212 valence electrons. The minimum absolute atomic E-state index is 0. The molecule has 12 heteroatoms. The quantitative estimate of drug-likeness (QED) is 0.193. The first-order valence-corrected chi connectivity index (χ1v) is 14.4. The van der Waals surface area contributed by atoms with Gasteiger partial charge in [-0.1, -0.05) is 78.3 Å². The van der Waals surface area contributed by atoms with Crippen molar-refractivity contribution in [1.29, 1.82) is 0 Å². The minimum atomic E-state index is -3.83. The molecule has 0 spiro atoms. The molecule has 0 bridgehead atoms. The van der Waals surface area contributed by atoms with Crippen molar-refractivity contribution in [2.45, 2.75) is 23.9 Å². The van der Waals surface area contributed by atoms with Crippen molar-refractivity contribution < 1.29 is 57.3 Å². The molecule has 3 aromatic rings. The maximum Gasteiger partial charge on any atom is 1.00 e. The maximum atomic E-state index is 12.6. The van der Waals surface area contributed by atoms with E-state index >= 15 is 0 Å². The first kappa shape index (κ1) is 34.9. The summed E-state index contributed by atoms with van der Waals surface area (Å²) in [5.74, 6) is -0.547. The Labute approximate surface area is 272 Å². The van der Waals surface area contributed by atoms with Crippen LogP contribution in [0.25, 0.3) is 11.8 Å². The smallest absolute Gasteiger partial charge is 0.548 e. The van der Waals surface area contributed by atoms with Crippen LogP contribution in [0.15, 0.2) is 84.3 Å². The van der Waals surface area contributed by atoms with Gasteiger partial charge in [0.2, 0.25) is 10.0 Å². The molecule has 8 nitrogen and oxygen atoms in total. The van der Waals surface area contributed by atoms with Crippen LogP contribution >= 0.6 is 23.2 Å². The molecular weight excluding hydrogens is 598 g/mol. The molecule has 41 heavy (non-hydrogen) atoms. The predicted octanol–water partition coefficient (Wildman–Crippen LogP) is 1.28. The van der Waals surface area contributed by atoms with Crippen LogP contribution in [-0.4, -0.2) is 40.8 Å². The van der Waals surface area contributed by atoms with Crippen LogP contribution in [0, 0.1) is 0 Å². The zero-order chi connectivity index (χ0) is 29.1.